The fraction of sp³-hybridized carbons (Fsp3) is 0.500. The lowest BCUT2D eigenvalue weighted by atomic mass is 9.85. The number of rotatable bonds is 5. The van der Waals surface area contributed by atoms with Crippen LogP contribution in [0.4, 0.5) is 10.8 Å². The smallest absolute Gasteiger partial charge is 0.327 e. The van der Waals surface area contributed by atoms with E-state index in [4.69, 9.17) is 4.42 Å². The summed E-state index contributed by atoms with van der Waals surface area (Å²) in [7, 11) is 1.57. The van der Waals surface area contributed by atoms with E-state index in [0.29, 0.717) is 44.4 Å². The lowest BCUT2D eigenvalue weighted by molar-refractivity contribution is -0.133. The van der Waals surface area contributed by atoms with Crippen molar-refractivity contribution >= 4 is 18.0 Å². The molecule has 1 aromatic heterocycles. The number of nitrogens with zero attached hydrogens (tertiary/aromatic N) is 5. The van der Waals surface area contributed by atoms with Gasteiger partial charge in [0.2, 0.25) is 5.89 Å². The third-order valence-corrected chi connectivity index (χ3v) is 5.70. The number of hydrogen-bond donors (Lipinski definition) is 0. The normalized spacial score (nSPS) is 19.1. The van der Waals surface area contributed by atoms with Crippen LogP contribution in [0.5, 0.6) is 0 Å². The summed E-state index contributed by atoms with van der Waals surface area (Å²) in [5.41, 5.74) is 0.214. The van der Waals surface area contributed by atoms with Crippen LogP contribution < -0.4 is 4.90 Å². The van der Waals surface area contributed by atoms with Crippen molar-refractivity contribution < 1.29 is 14.0 Å². The van der Waals surface area contributed by atoms with Crippen LogP contribution in [-0.4, -0.2) is 57.6 Å². The van der Waals surface area contributed by atoms with Crippen molar-refractivity contribution in [1.29, 1.82) is 0 Å². The highest BCUT2D eigenvalue weighted by atomic mass is 16.4. The average Bonchev–Trinajstić information content (AvgIpc) is 3.25. The molecule has 0 N–H and O–H groups in total. The van der Waals surface area contributed by atoms with Gasteiger partial charge in [0.15, 0.2) is 0 Å². The number of aryl methyl sites for hydroxylation is 1. The van der Waals surface area contributed by atoms with Gasteiger partial charge in [0.05, 0.1) is 0 Å². The van der Waals surface area contributed by atoms with E-state index >= 15 is 0 Å². The van der Waals surface area contributed by atoms with Gasteiger partial charge < -0.3 is 14.2 Å². The van der Waals surface area contributed by atoms with Gasteiger partial charge in [0, 0.05) is 33.1 Å². The fourth-order valence-electron chi connectivity index (χ4n) is 4.10. The van der Waals surface area contributed by atoms with E-state index in [0.717, 1.165) is 18.4 Å². The molecule has 4 rings (SSSR count). The molecule has 148 valence electrons. The summed E-state index contributed by atoms with van der Waals surface area (Å²) in [4.78, 5) is 30.8. The number of carbonyl (C=O) groups is 2. The molecule has 0 radical (unpaired) electrons. The molecule has 3 amide bonds. The van der Waals surface area contributed by atoms with Crippen LogP contribution >= 0.6 is 0 Å². The topological polar surface area (TPSA) is 82.8 Å². The highest BCUT2D eigenvalue weighted by molar-refractivity contribution is 6.06. The zero-order valence-corrected chi connectivity index (χ0v) is 16.3. The van der Waals surface area contributed by atoms with Gasteiger partial charge in [-0.1, -0.05) is 42.4 Å². The molecule has 1 spiro atoms. The Bertz CT molecular complexity index is 858. The van der Waals surface area contributed by atoms with Crippen molar-refractivity contribution in [3.05, 3.63) is 41.8 Å². The molecule has 3 heterocycles. The van der Waals surface area contributed by atoms with Gasteiger partial charge in [-0.3, -0.25) is 9.69 Å². The third-order valence-electron chi connectivity index (χ3n) is 5.70. The summed E-state index contributed by atoms with van der Waals surface area (Å²) < 4.78 is 5.73. The molecule has 2 aromatic rings. The second-order valence-electron chi connectivity index (χ2n) is 7.47. The number of piperidine rings is 1. The quantitative estimate of drug-likeness (QED) is 0.738. The second kappa shape index (κ2) is 7.26. The summed E-state index contributed by atoms with van der Waals surface area (Å²) >= 11 is 0. The maximum atomic E-state index is 13.0. The predicted octanol–water partition coefficient (Wildman–Crippen LogP) is 2.46. The molecular weight excluding hydrogens is 358 g/mol. The number of benzene rings is 1. The maximum absolute atomic E-state index is 13.0. The van der Waals surface area contributed by atoms with Crippen molar-refractivity contribution in [1.82, 2.24) is 20.0 Å². The number of hydrogen-bond acceptors (Lipinski definition) is 6. The monoisotopic (exact) mass is 383 g/mol. The van der Waals surface area contributed by atoms with E-state index in [1.54, 1.807) is 11.9 Å². The van der Waals surface area contributed by atoms with Crippen LogP contribution in [0.15, 0.2) is 34.7 Å². The highest BCUT2D eigenvalue weighted by Crippen LogP contribution is 2.38. The van der Waals surface area contributed by atoms with Crippen LogP contribution in [0.2, 0.25) is 0 Å². The fourth-order valence-corrected chi connectivity index (χ4v) is 4.10. The first-order valence-corrected chi connectivity index (χ1v) is 9.76. The molecule has 0 atom stereocenters. The maximum Gasteiger partial charge on any atom is 0.327 e. The molecule has 0 aliphatic carbocycles. The summed E-state index contributed by atoms with van der Waals surface area (Å²) in [6.07, 6.45) is 2.79. The van der Waals surface area contributed by atoms with Crippen LogP contribution in [0.3, 0.4) is 0 Å². The molecular formula is C20H25N5O3. The Morgan fingerprint density at radius 1 is 1.11 bits per heavy atom. The average molecular weight is 383 g/mol. The molecule has 28 heavy (non-hydrogen) atoms. The Morgan fingerprint density at radius 3 is 2.50 bits per heavy atom. The predicted molar refractivity (Wildman–Crippen MR) is 103 cm³/mol. The summed E-state index contributed by atoms with van der Waals surface area (Å²) in [6.45, 7) is 3.67. The largest absolute Gasteiger partial charge is 0.408 e. The number of imide groups is 1. The van der Waals surface area contributed by atoms with E-state index in [-0.39, 0.29) is 11.9 Å². The highest BCUT2D eigenvalue weighted by Gasteiger charge is 2.57. The van der Waals surface area contributed by atoms with E-state index in [1.165, 1.54) is 4.90 Å². The van der Waals surface area contributed by atoms with Crippen molar-refractivity contribution in [2.45, 2.75) is 44.7 Å². The lowest BCUT2D eigenvalue weighted by Gasteiger charge is -2.41. The zero-order chi connectivity index (χ0) is 19.7. The first-order valence-electron chi connectivity index (χ1n) is 9.76. The molecule has 1 aromatic carbocycles. The Hall–Kier alpha value is -2.90. The van der Waals surface area contributed by atoms with E-state index in [2.05, 4.69) is 17.1 Å². The van der Waals surface area contributed by atoms with Gasteiger partial charge in [-0.05, 0) is 24.8 Å². The summed E-state index contributed by atoms with van der Waals surface area (Å²) in [5.74, 6) is 0.514. The van der Waals surface area contributed by atoms with Crippen LogP contribution in [0.25, 0.3) is 0 Å². The van der Waals surface area contributed by atoms with Gasteiger partial charge in [0.1, 0.15) is 5.54 Å². The molecule has 2 saturated heterocycles. The first kappa shape index (κ1) is 18.5. The van der Waals surface area contributed by atoms with Gasteiger partial charge in [-0.2, -0.15) is 0 Å². The van der Waals surface area contributed by atoms with E-state index in [1.807, 2.05) is 35.2 Å². The molecule has 8 nitrogen and oxygen atoms in total. The van der Waals surface area contributed by atoms with Crippen molar-refractivity contribution in [3.8, 4) is 0 Å². The molecule has 2 aliphatic heterocycles. The SMILES string of the molecule is CCCc1nnc(N2CCC3(CC2)C(=O)N(C)C(=O)N3Cc2ccccc2)o1. The van der Waals surface area contributed by atoms with Crippen LogP contribution in [0, 0.1) is 0 Å². The number of anilines is 1. The van der Waals surface area contributed by atoms with Gasteiger partial charge in [-0.25, -0.2) is 4.79 Å². The molecule has 0 bridgehead atoms. The van der Waals surface area contributed by atoms with E-state index in [9.17, 15) is 9.59 Å². The number of likely N-dealkylation sites (N-methyl/N-ethyl adjacent to an activating group) is 1. The van der Waals surface area contributed by atoms with Crippen LogP contribution in [-0.2, 0) is 17.8 Å². The molecule has 0 saturated carbocycles. The van der Waals surface area contributed by atoms with Crippen molar-refractivity contribution in [2.24, 2.45) is 0 Å². The second-order valence-corrected chi connectivity index (χ2v) is 7.47. The molecule has 2 aliphatic rings. The number of amides is 3. The standard InChI is InChI=1S/C20H25N5O3/c1-3-7-16-21-22-18(28-16)24-12-10-20(11-13-24)17(26)23(2)19(27)25(20)14-15-8-5-4-6-9-15/h4-6,8-9H,3,7,10-14H2,1-2H3. The Kier molecular flexibility index (Phi) is 4.78. The van der Waals surface area contributed by atoms with Gasteiger partial charge in [0.25, 0.3) is 5.91 Å². The summed E-state index contributed by atoms with van der Waals surface area (Å²) in [6, 6.07) is 10.1. The Balaban J connectivity index is 1.53. The lowest BCUT2D eigenvalue weighted by Crippen LogP contribution is -2.56. The zero-order valence-electron chi connectivity index (χ0n) is 16.3. The first-order chi connectivity index (χ1) is 13.5. The Morgan fingerprint density at radius 2 is 1.82 bits per heavy atom. The van der Waals surface area contributed by atoms with Gasteiger partial charge >= 0.3 is 12.0 Å². The minimum atomic E-state index is -0.801. The summed E-state index contributed by atoms with van der Waals surface area (Å²) in [5, 5.41) is 8.22. The Labute approximate surface area is 164 Å². The van der Waals surface area contributed by atoms with E-state index < -0.39 is 5.54 Å². The molecule has 0 unspecified atom stereocenters. The van der Waals surface area contributed by atoms with Crippen LogP contribution in [0.1, 0.15) is 37.6 Å². The van der Waals surface area contributed by atoms with Crippen molar-refractivity contribution in [2.75, 3.05) is 25.0 Å². The molecule has 8 heteroatoms. The number of carbonyl (C=O) groups excluding carboxylic acids is 2. The number of urea groups is 1. The molecule has 2 fully saturated rings. The number of aromatic nitrogens is 2. The third kappa shape index (κ3) is 3.02. The van der Waals surface area contributed by atoms with Gasteiger partial charge in [-0.15, -0.1) is 5.10 Å². The van der Waals surface area contributed by atoms with Crippen molar-refractivity contribution in [3.63, 3.8) is 0 Å². The minimum absolute atomic E-state index is 0.120. The minimum Gasteiger partial charge on any atom is -0.408 e.